The normalized spacial score (nSPS) is 31.0. The van der Waals surface area contributed by atoms with Crippen LogP contribution in [0, 0.1) is 5.92 Å². The molecule has 0 aromatic heterocycles. The highest BCUT2D eigenvalue weighted by molar-refractivity contribution is 7.91. The summed E-state index contributed by atoms with van der Waals surface area (Å²) < 4.78 is 26.8. The Morgan fingerprint density at radius 1 is 1.57 bits per heavy atom. The Kier molecular flexibility index (Phi) is 3.49. The fourth-order valence-electron chi connectivity index (χ4n) is 1.61. The van der Waals surface area contributed by atoms with E-state index in [-0.39, 0.29) is 29.8 Å². The molecule has 82 valence electrons. The van der Waals surface area contributed by atoms with Crippen LogP contribution in [0.3, 0.4) is 0 Å². The average molecular weight is 221 g/mol. The van der Waals surface area contributed by atoms with E-state index < -0.39 is 15.9 Å². The SMILES string of the molecule is COC(=O)C[C@@H]1CCS(=O)(=O)C[C@@H]1N. The third-order valence-electron chi connectivity index (χ3n) is 2.51. The van der Waals surface area contributed by atoms with E-state index in [0.29, 0.717) is 6.42 Å². The average Bonchev–Trinajstić information content (AvgIpc) is 2.09. The molecule has 0 aliphatic carbocycles. The van der Waals surface area contributed by atoms with Gasteiger partial charge in [0.2, 0.25) is 0 Å². The van der Waals surface area contributed by atoms with Gasteiger partial charge in [-0.25, -0.2) is 8.42 Å². The third-order valence-corrected chi connectivity index (χ3v) is 4.26. The van der Waals surface area contributed by atoms with E-state index in [4.69, 9.17) is 5.73 Å². The standard InChI is InChI=1S/C8H15NO4S/c1-13-8(10)4-6-2-3-14(11,12)5-7(6)9/h6-7H,2-5,9H2,1H3/t6-,7-/m0/s1. The van der Waals surface area contributed by atoms with Gasteiger partial charge < -0.3 is 10.5 Å². The molecule has 0 amide bonds. The maximum atomic E-state index is 11.2. The van der Waals surface area contributed by atoms with Crippen molar-refractivity contribution in [2.45, 2.75) is 18.9 Å². The fourth-order valence-corrected chi connectivity index (χ4v) is 3.30. The Bertz CT molecular complexity index is 311. The first kappa shape index (κ1) is 11.5. The molecule has 0 bridgehead atoms. The lowest BCUT2D eigenvalue weighted by Crippen LogP contribution is -2.43. The van der Waals surface area contributed by atoms with Crippen molar-refractivity contribution in [3.8, 4) is 0 Å². The smallest absolute Gasteiger partial charge is 0.305 e. The Morgan fingerprint density at radius 3 is 2.71 bits per heavy atom. The highest BCUT2D eigenvalue weighted by Crippen LogP contribution is 2.21. The molecule has 1 fully saturated rings. The van der Waals surface area contributed by atoms with E-state index in [1.165, 1.54) is 7.11 Å². The van der Waals surface area contributed by atoms with Gasteiger partial charge in [0.05, 0.1) is 18.6 Å². The summed E-state index contributed by atoms with van der Waals surface area (Å²) >= 11 is 0. The highest BCUT2D eigenvalue weighted by atomic mass is 32.2. The van der Waals surface area contributed by atoms with Gasteiger partial charge >= 0.3 is 5.97 Å². The van der Waals surface area contributed by atoms with Gasteiger partial charge in [-0.2, -0.15) is 0 Å². The number of rotatable bonds is 2. The van der Waals surface area contributed by atoms with Gasteiger partial charge in [-0.1, -0.05) is 0 Å². The number of nitrogens with two attached hydrogens (primary N) is 1. The van der Waals surface area contributed by atoms with E-state index in [1.54, 1.807) is 0 Å². The lowest BCUT2D eigenvalue weighted by atomic mass is 9.95. The minimum absolute atomic E-state index is 0.0192. The molecular formula is C8H15NO4S. The minimum Gasteiger partial charge on any atom is -0.469 e. The summed E-state index contributed by atoms with van der Waals surface area (Å²) in [4.78, 5) is 11.0. The van der Waals surface area contributed by atoms with Crippen molar-refractivity contribution >= 4 is 15.8 Å². The first-order valence-electron chi connectivity index (χ1n) is 4.47. The number of esters is 1. The molecular weight excluding hydrogens is 206 g/mol. The zero-order valence-corrected chi connectivity index (χ0v) is 8.92. The van der Waals surface area contributed by atoms with Crippen LogP contribution in [0.2, 0.25) is 0 Å². The molecule has 6 heteroatoms. The lowest BCUT2D eigenvalue weighted by molar-refractivity contribution is -0.141. The molecule has 0 saturated carbocycles. The van der Waals surface area contributed by atoms with Crippen molar-refractivity contribution in [2.75, 3.05) is 18.6 Å². The second kappa shape index (κ2) is 4.27. The van der Waals surface area contributed by atoms with Crippen LogP contribution in [-0.4, -0.2) is 39.0 Å². The summed E-state index contributed by atoms with van der Waals surface area (Å²) in [5, 5.41) is 0. The van der Waals surface area contributed by atoms with Crippen molar-refractivity contribution in [1.29, 1.82) is 0 Å². The predicted molar refractivity (Wildman–Crippen MR) is 51.4 cm³/mol. The van der Waals surface area contributed by atoms with Gasteiger partial charge in [-0.3, -0.25) is 4.79 Å². The van der Waals surface area contributed by atoms with Gasteiger partial charge in [0.15, 0.2) is 9.84 Å². The molecule has 1 saturated heterocycles. The Morgan fingerprint density at radius 2 is 2.21 bits per heavy atom. The number of hydrogen-bond donors (Lipinski definition) is 1. The second-order valence-electron chi connectivity index (χ2n) is 3.61. The van der Waals surface area contributed by atoms with E-state index in [2.05, 4.69) is 4.74 Å². The van der Waals surface area contributed by atoms with Crippen LogP contribution in [0.1, 0.15) is 12.8 Å². The summed E-state index contributed by atoms with van der Waals surface area (Å²) in [6, 6.07) is -0.437. The predicted octanol–water partition coefficient (Wildman–Crippen LogP) is -0.688. The van der Waals surface area contributed by atoms with Gasteiger partial charge in [0, 0.05) is 12.5 Å². The largest absolute Gasteiger partial charge is 0.469 e. The molecule has 0 aromatic carbocycles. The van der Waals surface area contributed by atoms with E-state index in [9.17, 15) is 13.2 Å². The molecule has 0 radical (unpaired) electrons. The molecule has 1 heterocycles. The quantitative estimate of drug-likeness (QED) is 0.624. The maximum Gasteiger partial charge on any atom is 0.305 e. The summed E-state index contributed by atoms with van der Waals surface area (Å²) in [5.74, 6) is -0.285. The van der Waals surface area contributed by atoms with E-state index in [0.717, 1.165) is 0 Å². The molecule has 2 N–H and O–H groups in total. The van der Waals surface area contributed by atoms with Crippen LogP contribution in [0.5, 0.6) is 0 Å². The van der Waals surface area contributed by atoms with E-state index >= 15 is 0 Å². The van der Waals surface area contributed by atoms with Crippen LogP contribution in [0.4, 0.5) is 0 Å². The molecule has 5 nitrogen and oxygen atoms in total. The van der Waals surface area contributed by atoms with Crippen molar-refractivity contribution in [3.63, 3.8) is 0 Å². The summed E-state index contributed by atoms with van der Waals surface area (Å²) in [6.07, 6.45) is 0.672. The number of methoxy groups -OCH3 is 1. The van der Waals surface area contributed by atoms with Gasteiger partial charge in [-0.05, 0) is 12.3 Å². The first-order valence-corrected chi connectivity index (χ1v) is 6.29. The Balaban J connectivity index is 2.54. The van der Waals surface area contributed by atoms with E-state index in [1.807, 2.05) is 0 Å². The van der Waals surface area contributed by atoms with Crippen molar-refractivity contribution in [1.82, 2.24) is 0 Å². The van der Waals surface area contributed by atoms with Crippen LogP contribution in [-0.2, 0) is 19.4 Å². The minimum atomic E-state index is -2.98. The molecule has 0 aromatic rings. The Labute approximate surface area is 83.5 Å². The number of carbonyl (C=O) groups excluding carboxylic acids is 1. The number of sulfone groups is 1. The topological polar surface area (TPSA) is 86.5 Å². The lowest BCUT2D eigenvalue weighted by Gasteiger charge is -2.27. The van der Waals surface area contributed by atoms with Crippen LogP contribution >= 0.6 is 0 Å². The molecule has 0 spiro atoms. The first-order chi connectivity index (χ1) is 6.44. The number of carbonyl (C=O) groups is 1. The second-order valence-corrected chi connectivity index (χ2v) is 5.84. The summed E-state index contributed by atoms with van der Waals surface area (Å²) in [5.41, 5.74) is 5.67. The molecule has 1 aliphatic heterocycles. The van der Waals surface area contributed by atoms with Gasteiger partial charge in [0.1, 0.15) is 0 Å². The zero-order chi connectivity index (χ0) is 10.8. The highest BCUT2D eigenvalue weighted by Gasteiger charge is 2.31. The van der Waals surface area contributed by atoms with Gasteiger partial charge in [0.25, 0.3) is 0 Å². The number of hydrogen-bond acceptors (Lipinski definition) is 5. The molecule has 14 heavy (non-hydrogen) atoms. The molecule has 1 aliphatic rings. The Hall–Kier alpha value is -0.620. The summed E-state index contributed by atoms with van der Waals surface area (Å²) in [6.45, 7) is 0. The molecule has 2 atom stereocenters. The van der Waals surface area contributed by atoms with Crippen molar-refractivity contribution in [2.24, 2.45) is 11.7 Å². The van der Waals surface area contributed by atoms with Crippen LogP contribution < -0.4 is 5.73 Å². The maximum absolute atomic E-state index is 11.2. The third kappa shape index (κ3) is 2.95. The van der Waals surface area contributed by atoms with Crippen LogP contribution in [0.25, 0.3) is 0 Å². The zero-order valence-electron chi connectivity index (χ0n) is 8.10. The van der Waals surface area contributed by atoms with Gasteiger partial charge in [-0.15, -0.1) is 0 Å². The van der Waals surface area contributed by atoms with Crippen molar-refractivity contribution in [3.05, 3.63) is 0 Å². The van der Waals surface area contributed by atoms with Crippen molar-refractivity contribution < 1.29 is 17.9 Å². The summed E-state index contributed by atoms with van der Waals surface area (Å²) in [7, 11) is -1.67. The molecule has 1 rings (SSSR count). The fraction of sp³-hybridized carbons (Fsp3) is 0.875. The van der Waals surface area contributed by atoms with Crippen LogP contribution in [0.15, 0.2) is 0 Å². The number of ether oxygens (including phenoxy) is 1. The monoisotopic (exact) mass is 221 g/mol. The molecule has 0 unspecified atom stereocenters.